The fourth-order valence-electron chi connectivity index (χ4n) is 0.998. The molecule has 0 heterocycles. The van der Waals surface area contributed by atoms with Gasteiger partial charge < -0.3 is 4.74 Å². The van der Waals surface area contributed by atoms with Gasteiger partial charge in [0.15, 0.2) is 0 Å². The van der Waals surface area contributed by atoms with Crippen molar-refractivity contribution in [1.82, 2.24) is 0 Å². The van der Waals surface area contributed by atoms with Crippen molar-refractivity contribution in [1.29, 1.82) is 0 Å². The van der Waals surface area contributed by atoms with E-state index < -0.39 is 5.97 Å². The summed E-state index contributed by atoms with van der Waals surface area (Å²) in [4.78, 5) is 21.5. The molecule has 15 heavy (non-hydrogen) atoms. The van der Waals surface area contributed by atoms with Gasteiger partial charge >= 0.3 is 5.97 Å². The number of ketones is 1. The lowest BCUT2D eigenvalue weighted by atomic mass is 10.2. The Morgan fingerprint density at radius 3 is 2.53 bits per heavy atom. The number of esters is 1. The number of ether oxygens (including phenoxy) is 1. The van der Waals surface area contributed by atoms with Gasteiger partial charge in [0, 0.05) is 0 Å². The van der Waals surface area contributed by atoms with E-state index >= 15 is 0 Å². The SMILES string of the molecule is CC(=O)CC(=O)OC=Cc1ccccc1. The highest BCUT2D eigenvalue weighted by molar-refractivity contribution is 5.94. The van der Waals surface area contributed by atoms with Crippen LogP contribution in [-0.4, -0.2) is 11.8 Å². The molecule has 0 N–H and O–H groups in total. The molecule has 0 aliphatic rings. The van der Waals surface area contributed by atoms with E-state index in [1.807, 2.05) is 30.3 Å². The summed E-state index contributed by atoms with van der Waals surface area (Å²) < 4.78 is 4.72. The summed E-state index contributed by atoms with van der Waals surface area (Å²) in [5, 5.41) is 0. The smallest absolute Gasteiger partial charge is 0.318 e. The molecule has 0 saturated heterocycles. The van der Waals surface area contributed by atoms with E-state index in [-0.39, 0.29) is 12.2 Å². The molecule has 0 spiro atoms. The highest BCUT2D eigenvalue weighted by atomic mass is 16.5. The molecule has 0 atom stereocenters. The topological polar surface area (TPSA) is 43.4 Å². The van der Waals surface area contributed by atoms with Gasteiger partial charge in [0.2, 0.25) is 0 Å². The van der Waals surface area contributed by atoms with Crippen LogP contribution in [0.25, 0.3) is 6.08 Å². The standard InChI is InChI=1S/C12H12O3/c1-10(13)9-12(14)15-8-7-11-5-3-2-4-6-11/h2-8H,9H2,1H3. The molecular formula is C12H12O3. The summed E-state index contributed by atoms with van der Waals surface area (Å²) in [7, 11) is 0. The van der Waals surface area contributed by atoms with Gasteiger partial charge in [0.05, 0.1) is 6.26 Å². The van der Waals surface area contributed by atoms with Crippen LogP contribution < -0.4 is 0 Å². The van der Waals surface area contributed by atoms with E-state index in [2.05, 4.69) is 0 Å². The molecule has 0 unspecified atom stereocenters. The minimum Gasteiger partial charge on any atom is -0.434 e. The molecule has 1 rings (SSSR count). The summed E-state index contributed by atoms with van der Waals surface area (Å²) in [5.41, 5.74) is 0.938. The monoisotopic (exact) mass is 204 g/mol. The van der Waals surface area contributed by atoms with Crippen LogP contribution in [0.3, 0.4) is 0 Å². The summed E-state index contributed by atoms with van der Waals surface area (Å²) in [6, 6.07) is 9.44. The molecule has 1 aromatic carbocycles. The number of benzene rings is 1. The van der Waals surface area contributed by atoms with Crippen molar-refractivity contribution in [2.45, 2.75) is 13.3 Å². The van der Waals surface area contributed by atoms with Gasteiger partial charge in [-0.15, -0.1) is 0 Å². The van der Waals surface area contributed by atoms with Gasteiger partial charge in [-0.25, -0.2) is 0 Å². The largest absolute Gasteiger partial charge is 0.434 e. The van der Waals surface area contributed by atoms with Crippen molar-refractivity contribution in [2.75, 3.05) is 0 Å². The number of carbonyl (C=O) groups excluding carboxylic acids is 2. The zero-order valence-corrected chi connectivity index (χ0v) is 8.47. The molecular weight excluding hydrogens is 192 g/mol. The lowest BCUT2D eigenvalue weighted by Gasteiger charge is -1.95. The molecule has 0 fully saturated rings. The lowest BCUT2D eigenvalue weighted by Crippen LogP contribution is -2.04. The van der Waals surface area contributed by atoms with Crippen LogP contribution in [0.4, 0.5) is 0 Å². The summed E-state index contributed by atoms with van der Waals surface area (Å²) >= 11 is 0. The molecule has 0 aromatic heterocycles. The van der Waals surface area contributed by atoms with Crippen molar-refractivity contribution in [2.24, 2.45) is 0 Å². The van der Waals surface area contributed by atoms with Gasteiger partial charge in [-0.05, 0) is 18.6 Å². The Kier molecular flexibility index (Phi) is 4.29. The fraction of sp³-hybridized carbons (Fsp3) is 0.167. The Labute approximate surface area is 88.4 Å². The van der Waals surface area contributed by atoms with E-state index in [4.69, 9.17) is 4.74 Å². The molecule has 3 nitrogen and oxygen atoms in total. The molecule has 0 amide bonds. The number of carbonyl (C=O) groups is 2. The summed E-state index contributed by atoms with van der Waals surface area (Å²) in [6.45, 7) is 1.35. The van der Waals surface area contributed by atoms with Crippen LogP contribution in [0.15, 0.2) is 36.6 Å². The molecule has 0 aliphatic heterocycles. The maximum atomic E-state index is 10.9. The fourth-order valence-corrected chi connectivity index (χ4v) is 0.998. The molecule has 0 bridgehead atoms. The molecule has 0 aliphatic carbocycles. The van der Waals surface area contributed by atoms with Crippen LogP contribution in [0, 0.1) is 0 Å². The first-order valence-electron chi connectivity index (χ1n) is 4.59. The zero-order valence-electron chi connectivity index (χ0n) is 8.47. The van der Waals surface area contributed by atoms with Gasteiger partial charge in [-0.3, -0.25) is 9.59 Å². The van der Waals surface area contributed by atoms with E-state index in [1.54, 1.807) is 6.08 Å². The lowest BCUT2D eigenvalue weighted by molar-refractivity contribution is -0.140. The minimum absolute atomic E-state index is 0.181. The minimum atomic E-state index is -0.533. The third-order valence-electron chi connectivity index (χ3n) is 1.65. The van der Waals surface area contributed by atoms with Crippen LogP contribution in [0.2, 0.25) is 0 Å². The highest BCUT2D eigenvalue weighted by Crippen LogP contribution is 2.01. The van der Waals surface area contributed by atoms with E-state index in [9.17, 15) is 9.59 Å². The van der Waals surface area contributed by atoms with Crippen molar-refractivity contribution < 1.29 is 14.3 Å². The van der Waals surface area contributed by atoms with Gasteiger partial charge in [0.1, 0.15) is 12.2 Å². The second kappa shape index (κ2) is 5.75. The maximum Gasteiger partial charge on any atom is 0.318 e. The Morgan fingerprint density at radius 1 is 1.27 bits per heavy atom. The predicted octanol–water partition coefficient (Wildman–Crippen LogP) is 2.18. The summed E-state index contributed by atoms with van der Waals surface area (Å²) in [5.74, 6) is -0.734. The van der Waals surface area contributed by atoms with Gasteiger partial charge in [-0.1, -0.05) is 30.3 Å². The zero-order chi connectivity index (χ0) is 11.1. The highest BCUT2D eigenvalue weighted by Gasteiger charge is 2.03. The molecule has 3 heteroatoms. The van der Waals surface area contributed by atoms with Crippen molar-refractivity contribution in [3.8, 4) is 0 Å². The van der Waals surface area contributed by atoms with Crippen LogP contribution in [0.1, 0.15) is 18.9 Å². The average Bonchev–Trinajstić information content (AvgIpc) is 2.18. The van der Waals surface area contributed by atoms with Crippen LogP contribution >= 0.6 is 0 Å². The van der Waals surface area contributed by atoms with E-state index in [0.29, 0.717) is 0 Å². The van der Waals surface area contributed by atoms with Crippen LogP contribution in [-0.2, 0) is 14.3 Å². The quantitative estimate of drug-likeness (QED) is 0.429. The molecule has 1 aromatic rings. The van der Waals surface area contributed by atoms with Crippen molar-refractivity contribution in [3.63, 3.8) is 0 Å². The van der Waals surface area contributed by atoms with Crippen molar-refractivity contribution in [3.05, 3.63) is 42.2 Å². The summed E-state index contributed by atoms with van der Waals surface area (Å²) in [6.07, 6.45) is 2.78. The first kappa shape index (κ1) is 11.2. The average molecular weight is 204 g/mol. The second-order valence-electron chi connectivity index (χ2n) is 3.08. The van der Waals surface area contributed by atoms with Crippen molar-refractivity contribution >= 4 is 17.8 Å². The second-order valence-corrected chi connectivity index (χ2v) is 3.08. The Balaban J connectivity index is 2.40. The molecule has 0 radical (unpaired) electrons. The third kappa shape index (κ3) is 4.76. The first-order chi connectivity index (χ1) is 7.18. The molecule has 78 valence electrons. The Hall–Kier alpha value is -1.90. The number of hydrogen-bond donors (Lipinski definition) is 0. The third-order valence-corrected chi connectivity index (χ3v) is 1.65. The Morgan fingerprint density at radius 2 is 1.93 bits per heavy atom. The maximum absolute atomic E-state index is 10.9. The normalized spacial score (nSPS) is 10.2. The number of Topliss-reactive ketones (excluding diaryl/α,β-unsaturated/α-hetero) is 1. The Bertz CT molecular complexity index is 366. The molecule has 0 saturated carbocycles. The van der Waals surface area contributed by atoms with Gasteiger partial charge in [-0.2, -0.15) is 0 Å². The van der Waals surface area contributed by atoms with E-state index in [1.165, 1.54) is 13.2 Å². The first-order valence-corrected chi connectivity index (χ1v) is 4.59. The van der Waals surface area contributed by atoms with Gasteiger partial charge in [0.25, 0.3) is 0 Å². The van der Waals surface area contributed by atoms with Crippen LogP contribution in [0.5, 0.6) is 0 Å². The van der Waals surface area contributed by atoms with E-state index in [0.717, 1.165) is 5.56 Å². The number of rotatable bonds is 4. The predicted molar refractivity (Wildman–Crippen MR) is 56.9 cm³/mol. The number of hydrogen-bond acceptors (Lipinski definition) is 3.